The maximum absolute atomic E-state index is 13.1. The Bertz CT molecular complexity index is 1970. The normalized spacial score (nSPS) is 13.8. The van der Waals surface area contributed by atoms with Crippen molar-refractivity contribution in [1.82, 2.24) is 14.8 Å². The number of nitrogens with one attached hydrogen (secondary N) is 2. The zero-order valence-corrected chi connectivity index (χ0v) is 24.3. The molecule has 0 saturated carbocycles. The highest BCUT2D eigenvalue weighted by molar-refractivity contribution is 6.07. The Kier molecular flexibility index (Phi) is 7.07. The van der Waals surface area contributed by atoms with E-state index in [2.05, 4.69) is 20.3 Å². The van der Waals surface area contributed by atoms with E-state index in [9.17, 15) is 14.7 Å². The second kappa shape index (κ2) is 11.3. The molecule has 9 nitrogen and oxygen atoms in total. The first-order chi connectivity index (χ1) is 21.4. The summed E-state index contributed by atoms with van der Waals surface area (Å²) in [5.74, 6) is -0.272. The zero-order chi connectivity index (χ0) is 30.2. The van der Waals surface area contributed by atoms with Crippen molar-refractivity contribution in [2.75, 3.05) is 35.3 Å². The van der Waals surface area contributed by atoms with E-state index in [1.54, 1.807) is 18.1 Å². The smallest absolute Gasteiger partial charge is 0.258 e. The summed E-state index contributed by atoms with van der Waals surface area (Å²) < 4.78 is 1.84. The van der Waals surface area contributed by atoms with Gasteiger partial charge < -0.3 is 25.2 Å². The molecule has 0 atom stereocenters. The molecular weight excluding hydrogens is 552 g/mol. The van der Waals surface area contributed by atoms with Gasteiger partial charge in [0.2, 0.25) is 0 Å². The van der Waals surface area contributed by atoms with Gasteiger partial charge in [0.15, 0.2) is 0 Å². The summed E-state index contributed by atoms with van der Waals surface area (Å²) in [6.07, 6.45) is 4.94. The van der Waals surface area contributed by atoms with E-state index in [4.69, 9.17) is 0 Å². The van der Waals surface area contributed by atoms with Crippen molar-refractivity contribution in [2.24, 2.45) is 0 Å². The van der Waals surface area contributed by atoms with Gasteiger partial charge in [-0.15, -0.1) is 0 Å². The molecule has 0 bridgehead atoms. The summed E-state index contributed by atoms with van der Waals surface area (Å²) in [6, 6.07) is 28.6. The minimum Gasteiger partial charge on any atom is -0.393 e. The molecule has 1 aliphatic rings. The van der Waals surface area contributed by atoms with Crippen LogP contribution >= 0.6 is 0 Å². The highest BCUT2D eigenvalue weighted by Crippen LogP contribution is 2.26. The number of aliphatic hydroxyl groups is 1. The van der Waals surface area contributed by atoms with E-state index in [1.807, 2.05) is 102 Å². The molecule has 0 unspecified atom stereocenters. The predicted octanol–water partition coefficient (Wildman–Crippen LogP) is 6.00. The van der Waals surface area contributed by atoms with Crippen LogP contribution in [-0.4, -0.2) is 57.9 Å². The van der Waals surface area contributed by atoms with Crippen molar-refractivity contribution in [3.05, 3.63) is 115 Å². The zero-order valence-electron chi connectivity index (χ0n) is 24.3. The van der Waals surface area contributed by atoms with Gasteiger partial charge in [0.25, 0.3) is 11.8 Å². The average molecular weight is 585 g/mol. The number of hydrogen-bond donors (Lipinski definition) is 3. The lowest BCUT2D eigenvalue weighted by molar-refractivity contribution is 0.0991. The lowest BCUT2D eigenvalue weighted by Gasteiger charge is -2.31. The van der Waals surface area contributed by atoms with Gasteiger partial charge in [-0.3, -0.25) is 9.59 Å². The van der Waals surface area contributed by atoms with Gasteiger partial charge in [-0.05, 0) is 103 Å². The van der Waals surface area contributed by atoms with E-state index < -0.39 is 0 Å². The lowest BCUT2D eigenvalue weighted by atomic mass is 10.1. The van der Waals surface area contributed by atoms with E-state index in [1.165, 1.54) is 0 Å². The number of aliphatic hydroxyl groups excluding tert-OH is 1. The Morgan fingerprint density at radius 3 is 2.36 bits per heavy atom. The fourth-order valence-electron chi connectivity index (χ4n) is 5.78. The van der Waals surface area contributed by atoms with Crippen LogP contribution in [0, 0.1) is 0 Å². The van der Waals surface area contributed by atoms with Crippen LogP contribution in [0.15, 0.2) is 103 Å². The average Bonchev–Trinajstić information content (AvgIpc) is 3.71. The summed E-state index contributed by atoms with van der Waals surface area (Å²) in [6.45, 7) is 1.63. The third kappa shape index (κ3) is 5.29. The van der Waals surface area contributed by atoms with Gasteiger partial charge in [-0.1, -0.05) is 6.07 Å². The van der Waals surface area contributed by atoms with E-state index >= 15 is 0 Å². The highest BCUT2D eigenvalue weighted by Gasteiger charge is 2.18. The van der Waals surface area contributed by atoms with Crippen LogP contribution in [-0.2, 0) is 0 Å². The number of benzene rings is 4. The minimum absolute atomic E-state index is 0.0907. The number of nitrogens with zero attached hydrogens (tertiary/aromatic N) is 4. The van der Waals surface area contributed by atoms with Gasteiger partial charge in [0.05, 0.1) is 23.5 Å². The monoisotopic (exact) mass is 584 g/mol. The quantitative estimate of drug-likeness (QED) is 0.223. The number of carbonyl (C=O) groups excluding carboxylic acids is 2. The number of anilines is 3. The Hall–Kier alpha value is -5.41. The van der Waals surface area contributed by atoms with Crippen LogP contribution in [0.25, 0.3) is 27.5 Å². The van der Waals surface area contributed by atoms with Crippen molar-refractivity contribution >= 4 is 50.7 Å². The first kappa shape index (κ1) is 27.4. The maximum Gasteiger partial charge on any atom is 0.258 e. The molecule has 1 aliphatic heterocycles. The second-order valence-corrected chi connectivity index (χ2v) is 11.2. The minimum atomic E-state index is -0.220. The molecule has 3 N–H and O–H groups in total. The number of aromatic amines is 1. The topological polar surface area (TPSA) is 106 Å². The Balaban J connectivity index is 1.03. The van der Waals surface area contributed by atoms with Gasteiger partial charge in [0.1, 0.15) is 0 Å². The molecule has 3 heterocycles. The first-order valence-corrected chi connectivity index (χ1v) is 14.7. The van der Waals surface area contributed by atoms with Crippen molar-refractivity contribution in [1.29, 1.82) is 0 Å². The van der Waals surface area contributed by atoms with Crippen molar-refractivity contribution in [3.8, 4) is 5.69 Å². The van der Waals surface area contributed by atoms with Gasteiger partial charge >= 0.3 is 0 Å². The number of H-pyrrole nitrogens is 1. The molecule has 1 saturated heterocycles. The molecule has 0 spiro atoms. The number of rotatable bonds is 6. The molecule has 2 amide bonds. The summed E-state index contributed by atoms with van der Waals surface area (Å²) in [5.41, 5.74) is 6.39. The van der Waals surface area contributed by atoms with Gasteiger partial charge in [0, 0.05) is 65.4 Å². The molecule has 0 radical (unpaired) electrons. The van der Waals surface area contributed by atoms with Crippen LogP contribution in [0.4, 0.5) is 17.1 Å². The lowest BCUT2D eigenvalue weighted by Crippen LogP contribution is -2.35. The van der Waals surface area contributed by atoms with E-state index in [0.29, 0.717) is 16.8 Å². The van der Waals surface area contributed by atoms with Gasteiger partial charge in [-0.25, -0.2) is 4.68 Å². The number of fused-ring (bicyclic) bond motifs is 2. The Labute approximate surface area is 254 Å². The Morgan fingerprint density at radius 1 is 0.864 bits per heavy atom. The highest BCUT2D eigenvalue weighted by atomic mass is 16.3. The van der Waals surface area contributed by atoms with Crippen molar-refractivity contribution in [3.63, 3.8) is 0 Å². The molecule has 44 heavy (non-hydrogen) atoms. The SMILES string of the molecule is CN(C(=O)c1ccc2cc[nH]c2c1)c1ccc(-n2ncc3cc(NC(=O)c4ccc(N5CCC(O)CC5)cc4)ccc32)cc1. The Morgan fingerprint density at radius 2 is 1.59 bits per heavy atom. The molecule has 220 valence electrons. The molecule has 7 rings (SSSR count). The third-order valence-corrected chi connectivity index (χ3v) is 8.37. The summed E-state index contributed by atoms with van der Waals surface area (Å²) in [7, 11) is 1.77. The summed E-state index contributed by atoms with van der Waals surface area (Å²) in [5, 5.41) is 19.3. The molecule has 1 fully saturated rings. The van der Waals surface area contributed by atoms with Crippen LogP contribution in [0.1, 0.15) is 33.6 Å². The first-order valence-electron chi connectivity index (χ1n) is 14.7. The van der Waals surface area contributed by atoms with Crippen LogP contribution in [0.3, 0.4) is 0 Å². The number of hydrogen-bond acceptors (Lipinski definition) is 5. The number of piperidine rings is 1. The standard InChI is InChI=1S/C35H32N6O3/c1-39(35(44)25-3-2-23-14-17-36-32(23)21-25)28-9-11-30(12-10-28)41-33-13-6-27(20-26(33)22-37-41)38-34(43)24-4-7-29(8-5-24)40-18-15-31(42)16-19-40/h2-14,17,20-22,31,36,42H,15-16,18-19H2,1H3,(H,38,43). The molecule has 6 aromatic rings. The second-order valence-electron chi connectivity index (χ2n) is 11.2. The molecule has 9 heteroatoms. The number of amides is 2. The van der Waals surface area contributed by atoms with Crippen LogP contribution < -0.4 is 15.1 Å². The summed E-state index contributed by atoms with van der Waals surface area (Å²) in [4.78, 5) is 33.1. The molecule has 0 aliphatic carbocycles. The van der Waals surface area contributed by atoms with Crippen LogP contribution in [0.5, 0.6) is 0 Å². The largest absolute Gasteiger partial charge is 0.393 e. The third-order valence-electron chi connectivity index (χ3n) is 8.37. The van der Waals surface area contributed by atoms with Crippen molar-refractivity contribution < 1.29 is 14.7 Å². The van der Waals surface area contributed by atoms with E-state index in [-0.39, 0.29) is 17.9 Å². The predicted molar refractivity (Wildman–Crippen MR) is 174 cm³/mol. The molecule has 2 aromatic heterocycles. The maximum atomic E-state index is 13.1. The fraction of sp³-hybridized carbons (Fsp3) is 0.171. The van der Waals surface area contributed by atoms with Crippen molar-refractivity contribution in [2.45, 2.75) is 18.9 Å². The molecular formula is C35H32N6O3. The van der Waals surface area contributed by atoms with E-state index in [0.717, 1.165) is 64.8 Å². The number of aromatic nitrogens is 3. The fourth-order valence-corrected chi connectivity index (χ4v) is 5.78. The number of carbonyl (C=O) groups is 2. The van der Waals surface area contributed by atoms with Crippen LogP contribution in [0.2, 0.25) is 0 Å². The molecule has 4 aromatic carbocycles. The summed E-state index contributed by atoms with van der Waals surface area (Å²) >= 11 is 0. The van der Waals surface area contributed by atoms with Gasteiger partial charge in [-0.2, -0.15) is 5.10 Å².